The van der Waals surface area contributed by atoms with E-state index in [-0.39, 0.29) is 17.3 Å². The first-order chi connectivity index (χ1) is 18.1. The first kappa shape index (κ1) is 29.8. The minimum Gasteiger partial charge on any atom is -0.355 e. The normalized spacial score (nSPS) is 12.0. The number of amides is 2. The van der Waals surface area contributed by atoms with E-state index in [2.05, 4.69) is 5.32 Å². The van der Waals surface area contributed by atoms with Crippen LogP contribution in [0.2, 0.25) is 15.1 Å². The van der Waals surface area contributed by atoms with Crippen molar-refractivity contribution in [1.29, 1.82) is 0 Å². The summed E-state index contributed by atoms with van der Waals surface area (Å²) in [6.07, 6.45) is 0.304. The Hall–Kier alpha value is -2.78. The van der Waals surface area contributed by atoms with Gasteiger partial charge in [-0.05, 0) is 67.4 Å². The van der Waals surface area contributed by atoms with Gasteiger partial charge in [0.2, 0.25) is 11.8 Å². The largest absolute Gasteiger partial charge is 0.355 e. The number of benzene rings is 3. The number of carbonyl (C=O) groups is 2. The Labute approximate surface area is 238 Å². The maximum absolute atomic E-state index is 13.9. The number of nitrogens with one attached hydrogen (secondary N) is 1. The highest BCUT2D eigenvalue weighted by Gasteiger charge is 2.33. The van der Waals surface area contributed by atoms with Crippen molar-refractivity contribution in [2.75, 3.05) is 17.4 Å². The predicted molar refractivity (Wildman–Crippen MR) is 152 cm³/mol. The average Bonchev–Trinajstić information content (AvgIpc) is 2.89. The molecule has 0 aliphatic heterocycles. The van der Waals surface area contributed by atoms with E-state index in [1.54, 1.807) is 62.4 Å². The summed E-state index contributed by atoms with van der Waals surface area (Å²) in [6.45, 7) is 3.37. The van der Waals surface area contributed by atoms with Gasteiger partial charge >= 0.3 is 0 Å². The van der Waals surface area contributed by atoms with Crippen LogP contribution in [0.4, 0.5) is 5.69 Å². The molecule has 0 aromatic heterocycles. The molecule has 0 saturated carbocycles. The number of halogens is 3. The van der Waals surface area contributed by atoms with Crippen molar-refractivity contribution in [3.63, 3.8) is 0 Å². The molecule has 2 amide bonds. The average molecular weight is 597 g/mol. The van der Waals surface area contributed by atoms with E-state index in [0.717, 1.165) is 4.31 Å². The zero-order valence-electron chi connectivity index (χ0n) is 20.9. The van der Waals surface area contributed by atoms with Crippen LogP contribution < -0.4 is 9.62 Å². The smallest absolute Gasteiger partial charge is 0.264 e. The SMILES string of the molecule is CCNC(=O)[C@@H](CC)N(Cc1ccc(Cl)cc1Cl)C(=O)CN(c1ccccc1)S(=O)(=O)c1ccc(Cl)cc1. The van der Waals surface area contributed by atoms with E-state index in [0.29, 0.717) is 39.3 Å². The number of rotatable bonds is 11. The summed E-state index contributed by atoms with van der Waals surface area (Å²) in [7, 11) is -4.17. The lowest BCUT2D eigenvalue weighted by molar-refractivity contribution is -0.140. The number of likely N-dealkylation sites (N-methyl/N-ethyl adjacent to an activating group) is 1. The van der Waals surface area contributed by atoms with Crippen molar-refractivity contribution in [1.82, 2.24) is 10.2 Å². The number of hydrogen-bond donors (Lipinski definition) is 1. The predicted octanol–water partition coefficient (Wildman–Crippen LogP) is 5.79. The van der Waals surface area contributed by atoms with Crippen molar-refractivity contribution in [3.8, 4) is 0 Å². The van der Waals surface area contributed by atoms with Crippen molar-refractivity contribution >= 4 is 62.3 Å². The molecular formula is C27H28Cl3N3O4S. The second-order valence-corrected chi connectivity index (χ2v) is 11.5. The second kappa shape index (κ2) is 13.3. The maximum Gasteiger partial charge on any atom is 0.264 e. The van der Waals surface area contributed by atoms with Crippen molar-refractivity contribution < 1.29 is 18.0 Å². The molecule has 0 radical (unpaired) electrons. The van der Waals surface area contributed by atoms with Gasteiger partial charge in [-0.15, -0.1) is 0 Å². The molecule has 1 N–H and O–H groups in total. The van der Waals surface area contributed by atoms with Gasteiger partial charge in [-0.25, -0.2) is 8.42 Å². The van der Waals surface area contributed by atoms with Crippen LogP contribution in [0.15, 0.2) is 77.7 Å². The molecule has 3 aromatic rings. The van der Waals surface area contributed by atoms with Crippen molar-refractivity contribution in [2.45, 2.75) is 37.8 Å². The molecule has 0 fully saturated rings. The van der Waals surface area contributed by atoms with Crippen LogP contribution in [-0.4, -0.2) is 44.3 Å². The number of sulfonamides is 1. The Kier molecular flexibility index (Phi) is 10.4. The molecule has 0 aliphatic rings. The van der Waals surface area contributed by atoms with Crippen LogP contribution in [0.25, 0.3) is 0 Å². The van der Waals surface area contributed by atoms with E-state index >= 15 is 0 Å². The van der Waals surface area contributed by atoms with Crippen molar-refractivity contribution in [2.24, 2.45) is 0 Å². The Morgan fingerprint density at radius 2 is 1.53 bits per heavy atom. The number of para-hydroxylation sites is 1. The number of hydrogen-bond acceptors (Lipinski definition) is 4. The third kappa shape index (κ3) is 7.20. The van der Waals surface area contributed by atoms with Crippen LogP contribution in [0, 0.1) is 0 Å². The number of carbonyl (C=O) groups excluding carboxylic acids is 2. The molecule has 202 valence electrons. The fraction of sp³-hybridized carbons (Fsp3) is 0.259. The Morgan fingerprint density at radius 3 is 2.11 bits per heavy atom. The zero-order chi connectivity index (χ0) is 27.9. The number of nitrogens with zero attached hydrogens (tertiary/aromatic N) is 2. The molecule has 38 heavy (non-hydrogen) atoms. The highest BCUT2D eigenvalue weighted by atomic mass is 35.5. The minimum absolute atomic E-state index is 0.0197. The lowest BCUT2D eigenvalue weighted by Gasteiger charge is -2.33. The second-order valence-electron chi connectivity index (χ2n) is 8.38. The van der Waals surface area contributed by atoms with Gasteiger partial charge < -0.3 is 10.2 Å². The van der Waals surface area contributed by atoms with Gasteiger partial charge in [0.15, 0.2) is 0 Å². The van der Waals surface area contributed by atoms with Crippen LogP contribution in [0.5, 0.6) is 0 Å². The lowest BCUT2D eigenvalue weighted by atomic mass is 10.1. The van der Waals surface area contributed by atoms with Crippen LogP contribution in [0.1, 0.15) is 25.8 Å². The third-order valence-corrected chi connectivity index (χ3v) is 8.44. The van der Waals surface area contributed by atoms with Gasteiger partial charge in [-0.2, -0.15) is 0 Å². The van der Waals surface area contributed by atoms with E-state index in [9.17, 15) is 18.0 Å². The first-order valence-corrected chi connectivity index (χ1v) is 14.5. The monoisotopic (exact) mass is 595 g/mol. The lowest BCUT2D eigenvalue weighted by Crippen LogP contribution is -2.52. The molecule has 7 nitrogen and oxygen atoms in total. The zero-order valence-corrected chi connectivity index (χ0v) is 24.0. The standard InChI is InChI=1S/C27H28Cl3N3O4S/c1-3-25(27(35)31-4-2)32(17-19-10-11-21(29)16-24(19)30)26(34)18-33(22-8-6-5-7-9-22)38(36,37)23-14-12-20(28)13-15-23/h5-16,25H,3-4,17-18H2,1-2H3,(H,31,35)/t25-/m1/s1. The molecule has 3 aromatic carbocycles. The minimum atomic E-state index is -4.17. The molecule has 0 bridgehead atoms. The summed E-state index contributed by atoms with van der Waals surface area (Å²) in [5, 5.41) is 3.89. The van der Waals surface area contributed by atoms with Gasteiger partial charge in [0, 0.05) is 28.2 Å². The van der Waals surface area contributed by atoms with Gasteiger partial charge in [0.25, 0.3) is 10.0 Å². The van der Waals surface area contributed by atoms with E-state index in [1.165, 1.54) is 29.2 Å². The molecule has 0 saturated heterocycles. The molecular weight excluding hydrogens is 569 g/mol. The van der Waals surface area contributed by atoms with Crippen LogP contribution in [-0.2, 0) is 26.2 Å². The molecule has 0 heterocycles. The quantitative estimate of drug-likeness (QED) is 0.304. The fourth-order valence-corrected chi connectivity index (χ4v) is 5.91. The molecule has 0 unspecified atom stereocenters. The summed E-state index contributed by atoms with van der Waals surface area (Å²) in [5.41, 5.74) is 0.866. The van der Waals surface area contributed by atoms with E-state index in [4.69, 9.17) is 34.8 Å². The van der Waals surface area contributed by atoms with Gasteiger partial charge in [-0.3, -0.25) is 13.9 Å². The summed E-state index contributed by atoms with van der Waals surface area (Å²) in [6, 6.07) is 18.0. The summed E-state index contributed by atoms with van der Waals surface area (Å²) in [5.74, 6) is -0.921. The van der Waals surface area contributed by atoms with Gasteiger partial charge in [-0.1, -0.05) is 66.0 Å². The van der Waals surface area contributed by atoms with Crippen molar-refractivity contribution in [3.05, 3.63) is 93.4 Å². The van der Waals surface area contributed by atoms with E-state index in [1.807, 2.05) is 0 Å². The summed E-state index contributed by atoms with van der Waals surface area (Å²) in [4.78, 5) is 28.2. The highest BCUT2D eigenvalue weighted by Crippen LogP contribution is 2.27. The Bertz CT molecular complexity index is 1370. The fourth-order valence-electron chi connectivity index (χ4n) is 3.90. The molecule has 0 aliphatic carbocycles. The summed E-state index contributed by atoms with van der Waals surface area (Å²) < 4.78 is 28.5. The third-order valence-electron chi connectivity index (χ3n) is 5.82. The molecule has 1 atom stereocenters. The Balaban J connectivity index is 2.05. The number of anilines is 1. The Morgan fingerprint density at radius 1 is 0.895 bits per heavy atom. The first-order valence-electron chi connectivity index (χ1n) is 11.9. The van der Waals surface area contributed by atoms with Crippen LogP contribution in [0.3, 0.4) is 0 Å². The highest BCUT2D eigenvalue weighted by molar-refractivity contribution is 7.92. The molecule has 3 rings (SSSR count). The topological polar surface area (TPSA) is 86.8 Å². The van der Waals surface area contributed by atoms with Gasteiger partial charge in [0.1, 0.15) is 12.6 Å². The molecule has 0 spiro atoms. The maximum atomic E-state index is 13.9. The summed E-state index contributed by atoms with van der Waals surface area (Å²) >= 11 is 18.4. The van der Waals surface area contributed by atoms with Gasteiger partial charge in [0.05, 0.1) is 10.6 Å². The van der Waals surface area contributed by atoms with E-state index < -0.39 is 28.5 Å². The molecule has 11 heteroatoms. The van der Waals surface area contributed by atoms with Crippen LogP contribution >= 0.6 is 34.8 Å².